The van der Waals surface area contributed by atoms with Crippen molar-refractivity contribution < 1.29 is 0 Å². The molecule has 0 amide bonds. The zero-order valence-corrected chi connectivity index (χ0v) is 8.66. The van der Waals surface area contributed by atoms with Crippen molar-refractivity contribution in [2.75, 3.05) is 5.75 Å². The summed E-state index contributed by atoms with van der Waals surface area (Å²) in [5, 5.41) is 0.773. The van der Waals surface area contributed by atoms with Crippen LogP contribution >= 0.6 is 35.0 Å². The van der Waals surface area contributed by atoms with Gasteiger partial charge >= 0.3 is 0 Å². The van der Waals surface area contributed by atoms with Crippen molar-refractivity contribution in [1.29, 1.82) is 0 Å². The summed E-state index contributed by atoms with van der Waals surface area (Å²) >= 11 is 12.9. The van der Waals surface area contributed by atoms with Crippen LogP contribution in [0.15, 0.2) is 40.8 Å². The van der Waals surface area contributed by atoms with Crippen LogP contribution in [0.25, 0.3) is 0 Å². The van der Waals surface area contributed by atoms with Crippen molar-refractivity contribution in [2.24, 2.45) is 0 Å². The molecule has 0 aliphatic heterocycles. The third kappa shape index (κ3) is 3.53. The fraction of sp³-hybridized carbons (Fsp3) is 0.111. The first-order chi connectivity index (χ1) is 5.83. The van der Waals surface area contributed by atoms with Crippen LogP contribution in [0, 0.1) is 0 Å². The highest BCUT2D eigenvalue weighted by atomic mass is 35.5. The van der Waals surface area contributed by atoms with Gasteiger partial charge in [0.05, 0.1) is 0 Å². The second kappa shape index (κ2) is 5.52. The maximum Gasteiger partial charge on any atom is 0.0417 e. The van der Waals surface area contributed by atoms with Crippen molar-refractivity contribution in [3.63, 3.8) is 0 Å². The Bertz CT molecular complexity index is 271. The van der Waals surface area contributed by atoms with E-state index < -0.39 is 0 Å². The van der Waals surface area contributed by atoms with E-state index in [1.165, 1.54) is 5.54 Å². The number of hydrogen-bond donors (Lipinski definition) is 0. The lowest BCUT2D eigenvalue weighted by Gasteiger charge is -1.97. The van der Waals surface area contributed by atoms with Gasteiger partial charge in [-0.05, 0) is 18.2 Å². The van der Waals surface area contributed by atoms with E-state index in [1.807, 2.05) is 30.3 Å². The molecule has 0 saturated heterocycles. The van der Waals surface area contributed by atoms with Gasteiger partial charge in [-0.3, -0.25) is 0 Å². The smallest absolute Gasteiger partial charge is 0.0417 e. The Morgan fingerprint density at radius 2 is 2.25 bits per heavy atom. The molecular weight excluding hydrogens is 211 g/mol. The van der Waals surface area contributed by atoms with Crippen molar-refractivity contribution in [1.82, 2.24) is 0 Å². The van der Waals surface area contributed by atoms with E-state index in [1.54, 1.807) is 11.8 Å². The van der Waals surface area contributed by atoms with E-state index in [0.717, 1.165) is 15.7 Å². The van der Waals surface area contributed by atoms with E-state index in [2.05, 4.69) is 0 Å². The molecule has 0 heterocycles. The minimum Gasteiger partial charge on any atom is -0.122 e. The number of benzene rings is 1. The van der Waals surface area contributed by atoms with Crippen LogP contribution in [0.1, 0.15) is 0 Å². The van der Waals surface area contributed by atoms with Gasteiger partial charge in [0.15, 0.2) is 0 Å². The summed E-state index contributed by atoms with van der Waals surface area (Å²) in [5.41, 5.74) is 1.53. The van der Waals surface area contributed by atoms with Gasteiger partial charge < -0.3 is 0 Å². The Balaban J connectivity index is 2.52. The van der Waals surface area contributed by atoms with E-state index in [0.29, 0.717) is 0 Å². The van der Waals surface area contributed by atoms with Crippen LogP contribution in [0.3, 0.4) is 0 Å². The molecule has 12 heavy (non-hydrogen) atoms. The molecule has 0 aliphatic carbocycles. The fourth-order valence-electron chi connectivity index (χ4n) is 0.737. The summed E-state index contributed by atoms with van der Waals surface area (Å²) in [5.74, 6) is 0.879. The topological polar surface area (TPSA) is 0 Å². The Morgan fingerprint density at radius 3 is 2.92 bits per heavy atom. The standard InChI is InChI=1S/C9H8Cl2S/c10-5-2-6-12-9-4-1-3-8(11)7-9/h1-5,7H,6H2/b5-2+. The van der Waals surface area contributed by atoms with Crippen molar-refractivity contribution in [3.05, 3.63) is 40.9 Å². The molecule has 0 aromatic heterocycles. The zero-order valence-electron chi connectivity index (χ0n) is 6.34. The molecule has 0 unspecified atom stereocenters. The summed E-state index contributed by atoms with van der Waals surface area (Å²) in [6.07, 6.45) is 1.90. The average Bonchev–Trinajstić information content (AvgIpc) is 2.05. The molecular formula is C9H8Cl2S. The highest BCUT2D eigenvalue weighted by molar-refractivity contribution is 7.99. The van der Waals surface area contributed by atoms with Gasteiger partial charge in [0.25, 0.3) is 0 Å². The van der Waals surface area contributed by atoms with Gasteiger partial charge in [0.1, 0.15) is 0 Å². The minimum atomic E-state index is 0.773. The monoisotopic (exact) mass is 218 g/mol. The van der Waals surface area contributed by atoms with Crippen LogP contribution in [0.2, 0.25) is 5.02 Å². The number of rotatable bonds is 3. The number of halogens is 2. The molecule has 0 bridgehead atoms. The van der Waals surface area contributed by atoms with E-state index in [-0.39, 0.29) is 0 Å². The van der Waals surface area contributed by atoms with Gasteiger partial charge in [-0.25, -0.2) is 0 Å². The zero-order chi connectivity index (χ0) is 8.81. The lowest BCUT2D eigenvalue weighted by atomic mass is 10.4. The maximum absolute atomic E-state index is 5.80. The third-order valence-corrected chi connectivity index (χ3v) is 2.59. The first-order valence-corrected chi connectivity index (χ1v) is 5.26. The Labute approximate surface area is 86.6 Å². The molecule has 0 aliphatic rings. The lowest BCUT2D eigenvalue weighted by Crippen LogP contribution is -1.72. The first kappa shape index (κ1) is 9.97. The molecule has 3 heteroatoms. The number of hydrogen-bond acceptors (Lipinski definition) is 1. The largest absolute Gasteiger partial charge is 0.122 e. The molecule has 0 radical (unpaired) electrons. The highest BCUT2D eigenvalue weighted by Crippen LogP contribution is 2.21. The molecule has 0 fully saturated rings. The van der Waals surface area contributed by atoms with Crippen LogP contribution < -0.4 is 0 Å². The summed E-state index contributed by atoms with van der Waals surface area (Å²) < 4.78 is 0. The molecule has 64 valence electrons. The molecule has 0 spiro atoms. The predicted molar refractivity (Wildman–Crippen MR) is 57.2 cm³/mol. The Kier molecular flexibility index (Phi) is 4.59. The first-order valence-electron chi connectivity index (χ1n) is 3.46. The van der Waals surface area contributed by atoms with E-state index in [4.69, 9.17) is 23.2 Å². The third-order valence-electron chi connectivity index (χ3n) is 1.23. The molecule has 1 aromatic rings. The highest BCUT2D eigenvalue weighted by Gasteiger charge is 1.92. The van der Waals surface area contributed by atoms with Crippen LogP contribution in [0.5, 0.6) is 0 Å². The molecule has 0 nitrogen and oxygen atoms in total. The quantitative estimate of drug-likeness (QED) is 0.687. The van der Waals surface area contributed by atoms with Crippen LogP contribution in [0.4, 0.5) is 0 Å². The van der Waals surface area contributed by atoms with E-state index >= 15 is 0 Å². The predicted octanol–water partition coefficient (Wildman–Crippen LogP) is 4.18. The second-order valence-electron chi connectivity index (χ2n) is 2.13. The van der Waals surface area contributed by atoms with Crippen LogP contribution in [-0.2, 0) is 0 Å². The molecule has 1 rings (SSSR count). The summed E-state index contributed by atoms with van der Waals surface area (Å²) in [7, 11) is 0. The second-order valence-corrected chi connectivity index (χ2v) is 3.91. The SMILES string of the molecule is Cl/C=C/CSc1cccc(Cl)c1. The van der Waals surface area contributed by atoms with Gasteiger partial charge in [-0.1, -0.05) is 35.3 Å². The average molecular weight is 219 g/mol. The molecule has 0 atom stereocenters. The number of thioether (sulfide) groups is 1. The van der Waals surface area contributed by atoms with Crippen molar-refractivity contribution in [2.45, 2.75) is 4.90 Å². The fourth-order valence-corrected chi connectivity index (χ4v) is 1.96. The van der Waals surface area contributed by atoms with Gasteiger partial charge in [0, 0.05) is 21.2 Å². The molecule has 0 N–H and O–H groups in total. The molecule has 1 aromatic carbocycles. The minimum absolute atomic E-state index is 0.773. The Hall–Kier alpha value is -0.110. The molecule has 0 saturated carbocycles. The lowest BCUT2D eigenvalue weighted by molar-refractivity contribution is 1.46. The maximum atomic E-state index is 5.80. The van der Waals surface area contributed by atoms with E-state index in [9.17, 15) is 0 Å². The van der Waals surface area contributed by atoms with Gasteiger partial charge in [0.2, 0.25) is 0 Å². The van der Waals surface area contributed by atoms with Gasteiger partial charge in [-0.15, -0.1) is 11.8 Å². The van der Waals surface area contributed by atoms with Crippen molar-refractivity contribution in [3.8, 4) is 0 Å². The summed E-state index contributed by atoms with van der Waals surface area (Å²) in [4.78, 5) is 1.16. The van der Waals surface area contributed by atoms with Crippen molar-refractivity contribution >= 4 is 35.0 Å². The summed E-state index contributed by atoms with van der Waals surface area (Å²) in [6, 6.07) is 7.77. The Morgan fingerprint density at radius 1 is 1.42 bits per heavy atom. The van der Waals surface area contributed by atoms with Crippen LogP contribution in [-0.4, -0.2) is 5.75 Å². The summed E-state index contributed by atoms with van der Waals surface area (Å²) in [6.45, 7) is 0. The van der Waals surface area contributed by atoms with Gasteiger partial charge in [-0.2, -0.15) is 0 Å². The normalized spacial score (nSPS) is 10.8.